The first kappa shape index (κ1) is 20.7. The molecule has 31 heavy (non-hydrogen) atoms. The van der Waals surface area contributed by atoms with Crippen molar-refractivity contribution in [3.05, 3.63) is 71.9 Å². The highest BCUT2D eigenvalue weighted by Crippen LogP contribution is 2.43. The molecule has 4 aromatic rings. The van der Waals surface area contributed by atoms with Gasteiger partial charge in [0.15, 0.2) is 11.3 Å². The van der Waals surface area contributed by atoms with Gasteiger partial charge in [0.05, 0.1) is 29.4 Å². The monoisotopic (exact) mass is 437 g/mol. The van der Waals surface area contributed by atoms with Crippen LogP contribution in [0.4, 0.5) is 26.3 Å². The molecule has 4 rings (SSSR count). The van der Waals surface area contributed by atoms with Crippen LogP contribution < -0.4 is 4.74 Å². The predicted octanol–water partition coefficient (Wildman–Crippen LogP) is 6.13. The number of nitrogens with zero attached hydrogens (tertiary/aromatic N) is 3. The second-order valence-electron chi connectivity index (χ2n) is 6.57. The molecule has 2 heterocycles. The maximum absolute atomic E-state index is 13.9. The van der Waals surface area contributed by atoms with E-state index >= 15 is 0 Å². The van der Waals surface area contributed by atoms with Crippen LogP contribution in [-0.4, -0.2) is 21.9 Å². The molecule has 0 saturated carbocycles. The number of ether oxygens (including phenoxy) is 1. The van der Waals surface area contributed by atoms with E-state index in [9.17, 15) is 26.3 Å². The quantitative estimate of drug-likeness (QED) is 0.362. The Morgan fingerprint density at radius 3 is 2.03 bits per heavy atom. The Labute approximate surface area is 171 Å². The molecule has 0 aliphatic rings. The van der Waals surface area contributed by atoms with Crippen molar-refractivity contribution in [2.45, 2.75) is 12.4 Å². The highest BCUT2D eigenvalue weighted by atomic mass is 19.4. The van der Waals surface area contributed by atoms with E-state index in [0.29, 0.717) is 11.8 Å². The number of rotatable bonds is 3. The zero-order valence-electron chi connectivity index (χ0n) is 15.8. The van der Waals surface area contributed by atoms with Gasteiger partial charge in [0.2, 0.25) is 0 Å². The Bertz CT molecular complexity index is 1230. The summed E-state index contributed by atoms with van der Waals surface area (Å²) in [4.78, 5) is 4.15. The van der Waals surface area contributed by atoms with E-state index in [4.69, 9.17) is 4.74 Å². The molecule has 0 radical (unpaired) electrons. The first-order chi connectivity index (χ1) is 14.6. The van der Waals surface area contributed by atoms with Crippen LogP contribution in [0.25, 0.3) is 28.0 Å². The molecule has 0 atom stereocenters. The molecule has 0 N–H and O–H groups in total. The first-order valence-corrected chi connectivity index (χ1v) is 8.87. The van der Waals surface area contributed by atoms with E-state index in [1.165, 1.54) is 55.6 Å². The van der Waals surface area contributed by atoms with Crippen molar-refractivity contribution in [2.24, 2.45) is 0 Å². The average molecular weight is 437 g/mol. The van der Waals surface area contributed by atoms with E-state index in [1.54, 1.807) is 6.07 Å². The van der Waals surface area contributed by atoms with Crippen molar-refractivity contribution >= 4 is 11.0 Å². The largest absolute Gasteiger partial charge is 0.497 e. The summed E-state index contributed by atoms with van der Waals surface area (Å²) < 4.78 is 88.3. The van der Waals surface area contributed by atoms with Crippen LogP contribution in [0.1, 0.15) is 11.3 Å². The molecule has 0 saturated heterocycles. The highest BCUT2D eigenvalue weighted by molar-refractivity contribution is 5.87. The molecule has 0 fully saturated rings. The molecule has 0 unspecified atom stereocenters. The maximum atomic E-state index is 13.9. The van der Waals surface area contributed by atoms with E-state index in [2.05, 4.69) is 10.1 Å². The van der Waals surface area contributed by atoms with Gasteiger partial charge in [-0.2, -0.15) is 31.4 Å². The second-order valence-corrected chi connectivity index (χ2v) is 6.57. The molecular formula is C21H13F6N3O. The number of pyridine rings is 1. The number of alkyl halides is 6. The first-order valence-electron chi connectivity index (χ1n) is 8.87. The van der Waals surface area contributed by atoms with Gasteiger partial charge in [0.25, 0.3) is 0 Å². The van der Waals surface area contributed by atoms with Crippen molar-refractivity contribution < 1.29 is 31.1 Å². The van der Waals surface area contributed by atoms with Gasteiger partial charge in [-0.05, 0) is 42.5 Å². The van der Waals surface area contributed by atoms with E-state index in [1.807, 2.05) is 0 Å². The number of fused-ring (bicyclic) bond motifs is 1. The lowest BCUT2D eigenvalue weighted by molar-refractivity contribution is -0.142. The van der Waals surface area contributed by atoms with Crippen molar-refractivity contribution in [2.75, 3.05) is 7.11 Å². The predicted molar refractivity (Wildman–Crippen MR) is 101 cm³/mol. The Balaban J connectivity index is 2.09. The number of benzene rings is 2. The lowest BCUT2D eigenvalue weighted by Gasteiger charge is -2.13. The molecule has 10 heteroatoms. The maximum Gasteiger partial charge on any atom is 0.435 e. The fourth-order valence-corrected chi connectivity index (χ4v) is 3.20. The molecule has 0 aliphatic heterocycles. The highest BCUT2D eigenvalue weighted by Gasteiger charge is 2.43. The standard InChI is InChI=1S/C21H13F6N3O/c1-31-14-9-7-12(8-10-14)16-11-15(20(22,23)24)17-18(21(25,26)27)29-30(19(17)28-16)13-5-3-2-4-6-13/h2-11H,1H3. The van der Waals surface area contributed by atoms with Gasteiger partial charge >= 0.3 is 12.4 Å². The number of para-hydroxylation sites is 1. The summed E-state index contributed by atoms with van der Waals surface area (Å²) in [7, 11) is 1.43. The Morgan fingerprint density at radius 1 is 0.839 bits per heavy atom. The number of halogens is 6. The Kier molecular flexibility index (Phi) is 4.87. The molecular weight excluding hydrogens is 424 g/mol. The molecule has 160 valence electrons. The number of hydrogen-bond donors (Lipinski definition) is 0. The Hall–Kier alpha value is -3.56. The smallest absolute Gasteiger partial charge is 0.435 e. The molecule has 0 amide bonds. The van der Waals surface area contributed by atoms with Crippen LogP contribution in [0.15, 0.2) is 60.7 Å². The fraction of sp³-hybridized carbons (Fsp3) is 0.143. The normalized spacial score (nSPS) is 12.4. The molecule has 0 spiro atoms. The molecule has 2 aromatic carbocycles. The van der Waals surface area contributed by atoms with E-state index in [-0.39, 0.29) is 16.9 Å². The number of methoxy groups -OCH3 is 1. The van der Waals surface area contributed by atoms with Crippen LogP contribution in [0.2, 0.25) is 0 Å². The van der Waals surface area contributed by atoms with Crippen LogP contribution in [0.5, 0.6) is 5.75 Å². The number of hydrogen-bond acceptors (Lipinski definition) is 3. The average Bonchev–Trinajstić information content (AvgIpc) is 3.13. The SMILES string of the molecule is COc1ccc(-c2cc(C(F)(F)F)c3c(C(F)(F)F)nn(-c4ccccc4)c3n2)cc1. The zero-order chi connectivity index (χ0) is 22.4. The van der Waals surface area contributed by atoms with Crippen molar-refractivity contribution in [1.29, 1.82) is 0 Å². The van der Waals surface area contributed by atoms with Crippen molar-refractivity contribution in [3.63, 3.8) is 0 Å². The van der Waals surface area contributed by atoms with Gasteiger partial charge in [-0.1, -0.05) is 18.2 Å². The third-order valence-corrected chi connectivity index (χ3v) is 4.60. The van der Waals surface area contributed by atoms with Gasteiger partial charge in [0, 0.05) is 5.56 Å². The zero-order valence-corrected chi connectivity index (χ0v) is 15.8. The summed E-state index contributed by atoms with van der Waals surface area (Å²) in [6.45, 7) is 0. The van der Waals surface area contributed by atoms with Gasteiger partial charge in [0.1, 0.15) is 5.75 Å². The van der Waals surface area contributed by atoms with Crippen LogP contribution >= 0.6 is 0 Å². The summed E-state index contributed by atoms with van der Waals surface area (Å²) in [5.41, 5.74) is -3.36. The van der Waals surface area contributed by atoms with Gasteiger partial charge in [-0.3, -0.25) is 0 Å². The minimum Gasteiger partial charge on any atom is -0.497 e. The minimum atomic E-state index is -5.11. The third-order valence-electron chi connectivity index (χ3n) is 4.60. The summed E-state index contributed by atoms with van der Waals surface area (Å²) in [5, 5.41) is 2.38. The lowest BCUT2D eigenvalue weighted by atomic mass is 10.0. The van der Waals surface area contributed by atoms with Gasteiger partial charge in [-0.25, -0.2) is 9.67 Å². The third kappa shape index (κ3) is 3.80. The fourth-order valence-electron chi connectivity index (χ4n) is 3.20. The summed E-state index contributed by atoms with van der Waals surface area (Å²) in [6.07, 6.45) is -10.2. The lowest BCUT2D eigenvalue weighted by Crippen LogP contribution is -2.11. The van der Waals surface area contributed by atoms with Crippen LogP contribution in [0, 0.1) is 0 Å². The summed E-state index contributed by atoms with van der Waals surface area (Å²) >= 11 is 0. The topological polar surface area (TPSA) is 39.9 Å². The molecule has 2 aromatic heterocycles. The number of aromatic nitrogens is 3. The van der Waals surface area contributed by atoms with E-state index in [0.717, 1.165) is 4.68 Å². The Morgan fingerprint density at radius 2 is 1.48 bits per heavy atom. The van der Waals surface area contributed by atoms with Crippen LogP contribution in [-0.2, 0) is 12.4 Å². The van der Waals surface area contributed by atoms with Gasteiger partial charge < -0.3 is 4.74 Å². The molecule has 0 aliphatic carbocycles. The molecule has 4 nitrogen and oxygen atoms in total. The molecule has 0 bridgehead atoms. The second kappa shape index (κ2) is 7.29. The van der Waals surface area contributed by atoms with Gasteiger partial charge in [-0.15, -0.1) is 0 Å². The summed E-state index contributed by atoms with van der Waals surface area (Å²) in [5.74, 6) is 0.467. The van der Waals surface area contributed by atoms with E-state index < -0.39 is 34.6 Å². The summed E-state index contributed by atoms with van der Waals surface area (Å²) in [6, 6.07) is 14.1. The van der Waals surface area contributed by atoms with Crippen molar-refractivity contribution in [1.82, 2.24) is 14.8 Å². The minimum absolute atomic E-state index is 0.145. The van der Waals surface area contributed by atoms with Crippen molar-refractivity contribution in [3.8, 4) is 22.7 Å². The van der Waals surface area contributed by atoms with Crippen LogP contribution in [0.3, 0.4) is 0 Å².